The topological polar surface area (TPSA) is 64.6 Å². The largest absolute Gasteiger partial charge is 0.490 e. The molecule has 7 heteroatoms. The third kappa shape index (κ3) is 4.72. The lowest BCUT2D eigenvalue weighted by Gasteiger charge is -2.14. The van der Waals surface area contributed by atoms with Crippen LogP contribution in [-0.2, 0) is 4.79 Å². The fraction of sp³-hybridized carbons (Fsp3) is 0.176. The van der Waals surface area contributed by atoms with Gasteiger partial charge in [-0.25, -0.2) is 0 Å². The Labute approximate surface area is 153 Å². The minimum absolute atomic E-state index is 0.232. The summed E-state index contributed by atoms with van der Waals surface area (Å²) in [6.07, 6.45) is 0.709. The van der Waals surface area contributed by atoms with E-state index < -0.39 is 0 Å². The van der Waals surface area contributed by atoms with Crippen molar-refractivity contribution in [2.45, 2.75) is 6.92 Å². The smallest absolute Gasteiger partial charge is 0.262 e. The molecule has 0 heterocycles. The molecule has 2 rings (SSSR count). The number of halogens is 2. The van der Waals surface area contributed by atoms with Crippen LogP contribution in [0.4, 0.5) is 5.69 Å². The number of hydrogen-bond donors (Lipinski definition) is 1. The lowest BCUT2D eigenvalue weighted by molar-refractivity contribution is -0.118. The monoisotopic (exact) mass is 411 g/mol. The molecule has 0 unspecified atom stereocenters. The van der Waals surface area contributed by atoms with Crippen LogP contribution in [-0.4, -0.2) is 25.4 Å². The van der Waals surface area contributed by atoms with Crippen LogP contribution in [0, 0.1) is 0 Å². The van der Waals surface area contributed by atoms with Crippen LogP contribution < -0.4 is 14.8 Å². The molecular weight excluding hydrogens is 398 g/mol. The van der Waals surface area contributed by atoms with Crippen LogP contribution in [0.3, 0.4) is 0 Å². The highest BCUT2D eigenvalue weighted by Crippen LogP contribution is 2.36. The SMILES string of the molecule is CCOc1cc(C=O)cc(Br)c1OCC(=O)Nc1ccccc1Cl. The number of nitrogens with one attached hydrogen (secondary N) is 1. The third-order valence-corrected chi connectivity index (χ3v) is 3.88. The zero-order valence-corrected chi connectivity index (χ0v) is 15.2. The van der Waals surface area contributed by atoms with Gasteiger partial charge in [-0.15, -0.1) is 0 Å². The normalized spacial score (nSPS) is 10.1. The number of carbonyl (C=O) groups is 2. The molecule has 1 N–H and O–H groups in total. The molecule has 0 fully saturated rings. The second-order valence-electron chi connectivity index (χ2n) is 4.70. The lowest BCUT2D eigenvalue weighted by Crippen LogP contribution is -2.20. The van der Waals surface area contributed by atoms with Crippen molar-refractivity contribution in [3.05, 3.63) is 51.5 Å². The van der Waals surface area contributed by atoms with Crippen LogP contribution in [0.15, 0.2) is 40.9 Å². The van der Waals surface area contributed by atoms with Gasteiger partial charge in [0.15, 0.2) is 18.1 Å². The van der Waals surface area contributed by atoms with E-state index in [2.05, 4.69) is 21.2 Å². The van der Waals surface area contributed by atoms with Crippen molar-refractivity contribution in [3.63, 3.8) is 0 Å². The summed E-state index contributed by atoms with van der Waals surface area (Å²) < 4.78 is 11.5. The van der Waals surface area contributed by atoms with Gasteiger partial charge in [0.25, 0.3) is 5.91 Å². The molecule has 5 nitrogen and oxygen atoms in total. The number of benzene rings is 2. The van der Waals surface area contributed by atoms with Crippen molar-refractivity contribution in [3.8, 4) is 11.5 Å². The summed E-state index contributed by atoms with van der Waals surface area (Å²) >= 11 is 9.32. The standard InChI is InChI=1S/C17H15BrClNO4/c1-2-23-15-8-11(9-21)7-12(18)17(15)24-10-16(22)20-14-6-4-3-5-13(14)19/h3-9H,2,10H2,1H3,(H,20,22). The first-order valence-corrected chi connectivity index (χ1v) is 8.31. The summed E-state index contributed by atoms with van der Waals surface area (Å²) in [5.74, 6) is 0.383. The average molecular weight is 413 g/mol. The number of amides is 1. The number of hydrogen-bond acceptors (Lipinski definition) is 4. The van der Waals surface area contributed by atoms with E-state index in [1.54, 1.807) is 36.4 Å². The van der Waals surface area contributed by atoms with Crippen molar-refractivity contribution in [2.24, 2.45) is 0 Å². The van der Waals surface area contributed by atoms with Gasteiger partial charge in [0.2, 0.25) is 0 Å². The number of para-hydroxylation sites is 1. The van der Waals surface area contributed by atoms with Gasteiger partial charge in [0.1, 0.15) is 6.29 Å². The zero-order chi connectivity index (χ0) is 17.5. The molecule has 0 aromatic heterocycles. The van der Waals surface area contributed by atoms with E-state index in [-0.39, 0.29) is 12.5 Å². The molecule has 126 valence electrons. The van der Waals surface area contributed by atoms with Crippen LogP contribution in [0.5, 0.6) is 11.5 Å². The first kappa shape index (κ1) is 18.3. The number of ether oxygens (including phenoxy) is 2. The third-order valence-electron chi connectivity index (χ3n) is 2.96. The predicted octanol–water partition coefficient (Wildman–Crippen LogP) is 4.33. The van der Waals surface area contributed by atoms with Gasteiger partial charge < -0.3 is 14.8 Å². The van der Waals surface area contributed by atoms with Crippen molar-refractivity contribution >= 4 is 45.4 Å². The fourth-order valence-electron chi connectivity index (χ4n) is 1.95. The molecule has 0 radical (unpaired) electrons. The molecule has 24 heavy (non-hydrogen) atoms. The zero-order valence-electron chi connectivity index (χ0n) is 12.8. The minimum Gasteiger partial charge on any atom is -0.490 e. The van der Waals surface area contributed by atoms with E-state index in [0.29, 0.717) is 45.1 Å². The first-order valence-electron chi connectivity index (χ1n) is 7.13. The highest BCUT2D eigenvalue weighted by Gasteiger charge is 2.14. The van der Waals surface area contributed by atoms with Gasteiger partial charge in [0.05, 0.1) is 21.8 Å². The Kier molecular flexibility index (Phi) is 6.63. The molecular formula is C17H15BrClNO4. The maximum Gasteiger partial charge on any atom is 0.262 e. The Morgan fingerprint density at radius 2 is 2.04 bits per heavy atom. The quantitative estimate of drug-likeness (QED) is 0.687. The van der Waals surface area contributed by atoms with Crippen molar-refractivity contribution in [1.29, 1.82) is 0 Å². The number of carbonyl (C=O) groups excluding carboxylic acids is 2. The van der Waals surface area contributed by atoms with Gasteiger partial charge in [-0.2, -0.15) is 0 Å². The van der Waals surface area contributed by atoms with E-state index in [1.165, 1.54) is 0 Å². The second kappa shape index (κ2) is 8.70. The highest BCUT2D eigenvalue weighted by molar-refractivity contribution is 9.10. The second-order valence-corrected chi connectivity index (χ2v) is 5.96. The molecule has 0 atom stereocenters. The van der Waals surface area contributed by atoms with Crippen molar-refractivity contribution in [1.82, 2.24) is 0 Å². The molecule has 0 bridgehead atoms. The highest BCUT2D eigenvalue weighted by atomic mass is 79.9. The summed E-state index contributed by atoms with van der Waals surface area (Å²) in [6.45, 7) is 1.98. The van der Waals surface area contributed by atoms with E-state index in [0.717, 1.165) is 0 Å². The van der Waals surface area contributed by atoms with E-state index >= 15 is 0 Å². The predicted molar refractivity (Wildman–Crippen MR) is 96.3 cm³/mol. The van der Waals surface area contributed by atoms with Gasteiger partial charge in [0, 0.05) is 5.56 Å². The molecule has 0 aliphatic rings. The van der Waals surface area contributed by atoms with Gasteiger partial charge in [-0.1, -0.05) is 23.7 Å². The molecule has 0 aliphatic carbocycles. The maximum absolute atomic E-state index is 12.0. The molecule has 0 saturated heterocycles. The van der Waals surface area contributed by atoms with E-state index in [4.69, 9.17) is 21.1 Å². The minimum atomic E-state index is -0.364. The van der Waals surface area contributed by atoms with Crippen LogP contribution in [0.25, 0.3) is 0 Å². The van der Waals surface area contributed by atoms with Gasteiger partial charge in [-0.3, -0.25) is 9.59 Å². The summed E-state index contributed by atoms with van der Waals surface area (Å²) in [5, 5.41) is 3.11. The molecule has 0 spiro atoms. The van der Waals surface area contributed by atoms with Crippen LogP contribution in [0.2, 0.25) is 5.02 Å². The Hall–Kier alpha value is -2.05. The van der Waals surface area contributed by atoms with Crippen LogP contribution in [0.1, 0.15) is 17.3 Å². The summed E-state index contributed by atoms with van der Waals surface area (Å²) in [7, 11) is 0. The molecule has 2 aromatic carbocycles. The van der Waals surface area contributed by atoms with Crippen molar-refractivity contribution in [2.75, 3.05) is 18.5 Å². The summed E-state index contributed by atoms with van der Waals surface area (Å²) in [4.78, 5) is 23.0. The maximum atomic E-state index is 12.0. The van der Waals surface area contributed by atoms with E-state index in [1.807, 2.05) is 6.92 Å². The van der Waals surface area contributed by atoms with Crippen LogP contribution >= 0.6 is 27.5 Å². The summed E-state index contributed by atoms with van der Waals surface area (Å²) in [5.41, 5.74) is 0.950. The lowest BCUT2D eigenvalue weighted by atomic mass is 10.2. The van der Waals surface area contributed by atoms with Crippen molar-refractivity contribution < 1.29 is 19.1 Å². The molecule has 0 saturated carbocycles. The van der Waals surface area contributed by atoms with Gasteiger partial charge in [-0.05, 0) is 47.1 Å². The van der Waals surface area contributed by atoms with E-state index in [9.17, 15) is 9.59 Å². The average Bonchev–Trinajstić information content (AvgIpc) is 2.56. The molecule has 2 aromatic rings. The van der Waals surface area contributed by atoms with Gasteiger partial charge >= 0.3 is 0 Å². The Morgan fingerprint density at radius 3 is 2.71 bits per heavy atom. The fourth-order valence-corrected chi connectivity index (χ4v) is 2.70. The Morgan fingerprint density at radius 1 is 1.29 bits per heavy atom. The molecule has 0 aliphatic heterocycles. The number of rotatable bonds is 7. The Balaban J connectivity index is 2.09. The summed E-state index contributed by atoms with van der Waals surface area (Å²) in [6, 6.07) is 10.1. The Bertz CT molecular complexity index is 751. The molecule has 1 amide bonds. The first-order chi connectivity index (χ1) is 11.5. The number of anilines is 1. The number of aldehydes is 1.